The first-order valence-electron chi connectivity index (χ1n) is 7.05. The molecule has 0 aliphatic carbocycles. The standard InChI is InChI=1S/C16H26N2O2S.ClH/c1-12(15(19)18(4)11-16(2,3)10-17)21-14-8-6-13(20-5)7-9-14;/h6-9,12H,10-11,17H2,1-5H3;1H. The van der Waals surface area contributed by atoms with Crippen LogP contribution in [0.3, 0.4) is 0 Å². The number of halogens is 1. The number of methoxy groups -OCH3 is 1. The van der Waals surface area contributed by atoms with Crippen molar-refractivity contribution >= 4 is 30.1 Å². The molecule has 1 aromatic carbocycles. The number of ether oxygens (including phenoxy) is 1. The second-order valence-electron chi connectivity index (χ2n) is 6.00. The Morgan fingerprint density at radius 2 is 1.91 bits per heavy atom. The largest absolute Gasteiger partial charge is 0.497 e. The number of hydrogen-bond acceptors (Lipinski definition) is 4. The fraction of sp³-hybridized carbons (Fsp3) is 0.562. The lowest BCUT2D eigenvalue weighted by atomic mass is 9.93. The summed E-state index contributed by atoms with van der Waals surface area (Å²) in [5.74, 6) is 0.942. The Morgan fingerprint density at radius 3 is 2.36 bits per heavy atom. The topological polar surface area (TPSA) is 55.6 Å². The second kappa shape index (κ2) is 9.28. The first-order chi connectivity index (χ1) is 9.79. The molecule has 22 heavy (non-hydrogen) atoms. The van der Waals surface area contributed by atoms with Crippen molar-refractivity contribution in [3.8, 4) is 5.75 Å². The summed E-state index contributed by atoms with van der Waals surface area (Å²) in [5.41, 5.74) is 5.67. The predicted molar refractivity (Wildman–Crippen MR) is 96.0 cm³/mol. The number of thioether (sulfide) groups is 1. The molecule has 4 nitrogen and oxygen atoms in total. The number of nitrogens with zero attached hydrogens (tertiary/aromatic N) is 1. The summed E-state index contributed by atoms with van der Waals surface area (Å²) in [6.07, 6.45) is 0. The van der Waals surface area contributed by atoms with E-state index >= 15 is 0 Å². The molecule has 0 aromatic heterocycles. The van der Waals surface area contributed by atoms with Crippen LogP contribution in [-0.2, 0) is 4.79 Å². The highest BCUT2D eigenvalue weighted by atomic mass is 35.5. The zero-order valence-corrected chi connectivity index (χ0v) is 15.6. The zero-order valence-electron chi connectivity index (χ0n) is 14.0. The molecule has 0 bridgehead atoms. The molecule has 0 aliphatic rings. The second-order valence-corrected chi connectivity index (χ2v) is 7.41. The molecule has 0 saturated carbocycles. The van der Waals surface area contributed by atoms with Crippen molar-refractivity contribution in [1.82, 2.24) is 4.90 Å². The van der Waals surface area contributed by atoms with Crippen molar-refractivity contribution in [3.63, 3.8) is 0 Å². The van der Waals surface area contributed by atoms with Crippen molar-refractivity contribution in [2.24, 2.45) is 11.1 Å². The van der Waals surface area contributed by atoms with Crippen LogP contribution >= 0.6 is 24.2 Å². The Kier molecular flexibility index (Phi) is 8.89. The number of rotatable bonds is 7. The normalized spacial score (nSPS) is 12.3. The quantitative estimate of drug-likeness (QED) is 0.771. The lowest BCUT2D eigenvalue weighted by molar-refractivity contribution is -0.130. The monoisotopic (exact) mass is 346 g/mol. The highest BCUT2D eigenvalue weighted by Gasteiger charge is 2.24. The number of benzene rings is 1. The van der Waals surface area contributed by atoms with E-state index in [1.165, 1.54) is 0 Å². The van der Waals surface area contributed by atoms with Crippen LogP contribution < -0.4 is 10.5 Å². The maximum atomic E-state index is 12.4. The molecular formula is C16H27ClN2O2S. The van der Waals surface area contributed by atoms with Crippen LogP contribution in [0.4, 0.5) is 0 Å². The molecule has 1 rings (SSSR count). The lowest BCUT2D eigenvalue weighted by Crippen LogP contribution is -2.42. The molecular weight excluding hydrogens is 320 g/mol. The Labute approximate surface area is 144 Å². The van der Waals surface area contributed by atoms with E-state index in [9.17, 15) is 4.79 Å². The maximum Gasteiger partial charge on any atom is 0.235 e. The van der Waals surface area contributed by atoms with Gasteiger partial charge in [0.05, 0.1) is 12.4 Å². The van der Waals surface area contributed by atoms with Gasteiger partial charge in [-0.3, -0.25) is 4.79 Å². The van der Waals surface area contributed by atoms with Gasteiger partial charge < -0.3 is 15.4 Å². The molecule has 1 unspecified atom stereocenters. The Hall–Kier alpha value is -0.910. The molecule has 0 aliphatic heterocycles. The van der Waals surface area contributed by atoms with Gasteiger partial charge in [-0.1, -0.05) is 13.8 Å². The summed E-state index contributed by atoms with van der Waals surface area (Å²) < 4.78 is 5.13. The van der Waals surface area contributed by atoms with E-state index in [1.807, 2.05) is 38.2 Å². The number of carbonyl (C=O) groups is 1. The van der Waals surface area contributed by atoms with Gasteiger partial charge in [0.15, 0.2) is 0 Å². The van der Waals surface area contributed by atoms with Gasteiger partial charge in [-0.25, -0.2) is 0 Å². The number of amides is 1. The van der Waals surface area contributed by atoms with Gasteiger partial charge in [0.2, 0.25) is 5.91 Å². The van der Waals surface area contributed by atoms with E-state index in [2.05, 4.69) is 13.8 Å². The SMILES string of the molecule is COc1ccc(SC(C)C(=O)N(C)CC(C)(C)CN)cc1.Cl. The van der Waals surface area contributed by atoms with Crippen molar-refractivity contribution in [2.45, 2.75) is 30.9 Å². The van der Waals surface area contributed by atoms with Crippen LogP contribution in [0.5, 0.6) is 5.75 Å². The summed E-state index contributed by atoms with van der Waals surface area (Å²) in [7, 11) is 3.48. The molecule has 0 saturated heterocycles. The lowest BCUT2D eigenvalue weighted by Gasteiger charge is -2.30. The summed E-state index contributed by atoms with van der Waals surface area (Å²) in [6.45, 7) is 7.29. The van der Waals surface area contributed by atoms with Crippen LogP contribution in [0.2, 0.25) is 0 Å². The molecule has 6 heteroatoms. The summed E-state index contributed by atoms with van der Waals surface area (Å²) >= 11 is 1.55. The number of hydrogen-bond donors (Lipinski definition) is 1. The van der Waals surface area contributed by atoms with Gasteiger partial charge in [0, 0.05) is 18.5 Å². The molecule has 2 N–H and O–H groups in total. The van der Waals surface area contributed by atoms with Gasteiger partial charge in [-0.05, 0) is 43.1 Å². The summed E-state index contributed by atoms with van der Waals surface area (Å²) in [5, 5.41) is -0.128. The summed E-state index contributed by atoms with van der Waals surface area (Å²) in [4.78, 5) is 15.2. The van der Waals surface area contributed by atoms with Crippen molar-refractivity contribution < 1.29 is 9.53 Å². The number of nitrogens with two attached hydrogens (primary N) is 1. The fourth-order valence-corrected chi connectivity index (χ4v) is 2.99. The van der Waals surface area contributed by atoms with Crippen molar-refractivity contribution in [3.05, 3.63) is 24.3 Å². The minimum Gasteiger partial charge on any atom is -0.497 e. The van der Waals surface area contributed by atoms with Crippen LogP contribution in [0.1, 0.15) is 20.8 Å². The minimum absolute atomic E-state index is 0. The van der Waals surface area contributed by atoms with E-state index in [0.717, 1.165) is 10.6 Å². The van der Waals surface area contributed by atoms with Gasteiger partial charge in [-0.15, -0.1) is 24.2 Å². The Balaban J connectivity index is 0.00000441. The van der Waals surface area contributed by atoms with Gasteiger partial charge in [0.1, 0.15) is 5.75 Å². The van der Waals surface area contributed by atoms with Gasteiger partial charge in [-0.2, -0.15) is 0 Å². The highest BCUT2D eigenvalue weighted by Crippen LogP contribution is 2.27. The fourth-order valence-electron chi connectivity index (χ4n) is 2.00. The van der Waals surface area contributed by atoms with Crippen LogP contribution in [-0.4, -0.2) is 43.3 Å². The van der Waals surface area contributed by atoms with E-state index in [4.69, 9.17) is 10.5 Å². The third kappa shape index (κ3) is 6.46. The van der Waals surface area contributed by atoms with Gasteiger partial charge in [0.25, 0.3) is 0 Å². The molecule has 1 aromatic rings. The first kappa shape index (κ1) is 21.1. The number of carbonyl (C=O) groups excluding carboxylic acids is 1. The third-order valence-corrected chi connectivity index (χ3v) is 4.41. The van der Waals surface area contributed by atoms with E-state index in [0.29, 0.717) is 13.1 Å². The summed E-state index contributed by atoms with van der Waals surface area (Å²) in [6, 6.07) is 7.75. The third-order valence-electron chi connectivity index (χ3n) is 3.31. The molecule has 0 fully saturated rings. The molecule has 0 heterocycles. The minimum atomic E-state index is -0.128. The Bertz CT molecular complexity index is 466. The smallest absolute Gasteiger partial charge is 0.235 e. The van der Waals surface area contributed by atoms with Crippen molar-refractivity contribution in [2.75, 3.05) is 27.2 Å². The van der Waals surface area contributed by atoms with Gasteiger partial charge >= 0.3 is 0 Å². The average molecular weight is 347 g/mol. The molecule has 0 radical (unpaired) electrons. The predicted octanol–water partition coefficient (Wildman–Crippen LogP) is 3.04. The molecule has 126 valence electrons. The maximum absolute atomic E-state index is 12.4. The van der Waals surface area contributed by atoms with Crippen LogP contribution in [0.25, 0.3) is 0 Å². The first-order valence-corrected chi connectivity index (χ1v) is 7.93. The van der Waals surface area contributed by atoms with E-state index < -0.39 is 0 Å². The van der Waals surface area contributed by atoms with Crippen molar-refractivity contribution in [1.29, 1.82) is 0 Å². The average Bonchev–Trinajstić information content (AvgIpc) is 2.46. The highest BCUT2D eigenvalue weighted by molar-refractivity contribution is 8.00. The molecule has 1 amide bonds. The molecule has 0 spiro atoms. The van der Waals surface area contributed by atoms with Crippen LogP contribution in [0, 0.1) is 5.41 Å². The molecule has 1 atom stereocenters. The van der Waals surface area contributed by atoms with Crippen LogP contribution in [0.15, 0.2) is 29.2 Å². The van der Waals surface area contributed by atoms with E-state index in [-0.39, 0.29) is 29.0 Å². The van der Waals surface area contributed by atoms with E-state index in [1.54, 1.807) is 23.8 Å². The zero-order chi connectivity index (χ0) is 16.0. The Morgan fingerprint density at radius 1 is 1.36 bits per heavy atom.